The second kappa shape index (κ2) is 10.4. The van der Waals surface area contributed by atoms with Gasteiger partial charge in [-0.15, -0.1) is 6.58 Å². The zero-order valence-corrected chi connectivity index (χ0v) is 13.4. The second-order valence-electron chi connectivity index (χ2n) is 4.66. The molecular weight excluding hydrogens is 300 g/mol. The molecule has 1 aromatic rings. The summed E-state index contributed by atoms with van der Waals surface area (Å²) in [6, 6.07) is 7.22. The van der Waals surface area contributed by atoms with Gasteiger partial charge < -0.3 is 18.9 Å². The normalized spacial score (nSPS) is 11.4. The smallest absolute Gasteiger partial charge is 0.347 e. The molecular formula is C17H22O6. The van der Waals surface area contributed by atoms with Crippen molar-refractivity contribution in [3.63, 3.8) is 0 Å². The van der Waals surface area contributed by atoms with Gasteiger partial charge in [0.25, 0.3) is 0 Å². The van der Waals surface area contributed by atoms with Crippen LogP contribution in [0.25, 0.3) is 0 Å². The van der Waals surface area contributed by atoms with Gasteiger partial charge in [-0.2, -0.15) is 0 Å². The first kappa shape index (κ1) is 18.7. The largest absolute Gasteiger partial charge is 0.478 e. The van der Waals surface area contributed by atoms with Crippen LogP contribution in [0.1, 0.15) is 18.4 Å². The van der Waals surface area contributed by atoms with Crippen molar-refractivity contribution in [3.8, 4) is 5.75 Å². The van der Waals surface area contributed by atoms with Gasteiger partial charge in [0.05, 0.1) is 27.4 Å². The topological polar surface area (TPSA) is 71.1 Å². The van der Waals surface area contributed by atoms with Crippen LogP contribution in [-0.2, 0) is 30.4 Å². The summed E-state index contributed by atoms with van der Waals surface area (Å²) < 4.78 is 20.4. The van der Waals surface area contributed by atoms with Crippen LogP contribution in [0.15, 0.2) is 36.9 Å². The molecule has 1 atom stereocenters. The maximum absolute atomic E-state index is 11.8. The summed E-state index contributed by atoms with van der Waals surface area (Å²) in [5, 5.41) is 0. The standard InChI is InChI=1S/C17H22O6/c1-4-11-22-12-13-7-5-6-8-14(13)23-15(17(19)21-3)9-10-16(18)20-2/h4-8,15H,1,9-12H2,2-3H3. The average Bonchev–Trinajstić information content (AvgIpc) is 2.58. The van der Waals surface area contributed by atoms with Crippen LogP contribution in [0.5, 0.6) is 5.75 Å². The number of esters is 2. The zero-order valence-electron chi connectivity index (χ0n) is 13.4. The Morgan fingerprint density at radius 3 is 2.61 bits per heavy atom. The molecule has 1 aromatic carbocycles. The van der Waals surface area contributed by atoms with Gasteiger partial charge in [0, 0.05) is 18.4 Å². The third kappa shape index (κ3) is 6.52. The minimum absolute atomic E-state index is 0.0609. The van der Waals surface area contributed by atoms with Crippen molar-refractivity contribution < 1.29 is 28.5 Å². The van der Waals surface area contributed by atoms with E-state index < -0.39 is 18.0 Å². The Hall–Kier alpha value is -2.34. The molecule has 0 heterocycles. The van der Waals surface area contributed by atoms with Crippen LogP contribution in [-0.4, -0.2) is 38.9 Å². The van der Waals surface area contributed by atoms with E-state index in [4.69, 9.17) is 14.2 Å². The predicted molar refractivity (Wildman–Crippen MR) is 84.0 cm³/mol. The van der Waals surface area contributed by atoms with Gasteiger partial charge in [0.15, 0.2) is 6.10 Å². The molecule has 0 aromatic heterocycles. The Morgan fingerprint density at radius 2 is 1.96 bits per heavy atom. The summed E-state index contributed by atoms with van der Waals surface area (Å²) in [5.41, 5.74) is 0.793. The molecule has 0 saturated carbocycles. The quantitative estimate of drug-likeness (QED) is 0.374. The van der Waals surface area contributed by atoms with E-state index in [1.165, 1.54) is 14.2 Å². The molecule has 0 saturated heterocycles. The van der Waals surface area contributed by atoms with Gasteiger partial charge in [-0.1, -0.05) is 24.3 Å². The number of para-hydroxylation sites is 1. The fourth-order valence-electron chi connectivity index (χ4n) is 1.85. The highest BCUT2D eigenvalue weighted by Gasteiger charge is 2.23. The minimum atomic E-state index is -0.889. The Balaban J connectivity index is 2.79. The van der Waals surface area contributed by atoms with Crippen LogP contribution < -0.4 is 4.74 Å². The first-order valence-electron chi connectivity index (χ1n) is 7.20. The monoisotopic (exact) mass is 322 g/mol. The number of hydrogen-bond acceptors (Lipinski definition) is 6. The highest BCUT2D eigenvalue weighted by atomic mass is 16.6. The van der Waals surface area contributed by atoms with E-state index in [2.05, 4.69) is 11.3 Å². The molecule has 0 aliphatic heterocycles. The fourth-order valence-corrected chi connectivity index (χ4v) is 1.85. The molecule has 0 fully saturated rings. The van der Waals surface area contributed by atoms with E-state index in [0.29, 0.717) is 19.0 Å². The molecule has 1 unspecified atom stereocenters. The van der Waals surface area contributed by atoms with Gasteiger partial charge in [-0.25, -0.2) is 4.79 Å². The number of benzene rings is 1. The summed E-state index contributed by atoms with van der Waals surface area (Å²) >= 11 is 0. The lowest BCUT2D eigenvalue weighted by molar-refractivity contribution is -0.150. The highest BCUT2D eigenvalue weighted by molar-refractivity contribution is 5.76. The van der Waals surface area contributed by atoms with E-state index in [9.17, 15) is 9.59 Å². The summed E-state index contributed by atoms with van der Waals surface area (Å²) in [4.78, 5) is 23.1. The van der Waals surface area contributed by atoms with Crippen molar-refractivity contribution in [1.82, 2.24) is 0 Å². The number of ether oxygens (including phenoxy) is 4. The first-order chi connectivity index (χ1) is 11.1. The Bertz CT molecular complexity index is 526. The van der Waals surface area contributed by atoms with E-state index in [1.54, 1.807) is 18.2 Å². The maximum Gasteiger partial charge on any atom is 0.347 e. The summed E-state index contributed by atoms with van der Waals surface area (Å²) in [6.45, 7) is 4.32. The van der Waals surface area contributed by atoms with Crippen molar-refractivity contribution in [1.29, 1.82) is 0 Å². The number of carbonyl (C=O) groups excluding carboxylic acids is 2. The molecule has 1 rings (SSSR count). The van der Waals surface area contributed by atoms with Crippen molar-refractivity contribution in [2.24, 2.45) is 0 Å². The van der Waals surface area contributed by atoms with Crippen molar-refractivity contribution in [3.05, 3.63) is 42.5 Å². The van der Waals surface area contributed by atoms with Gasteiger partial charge >= 0.3 is 11.9 Å². The average molecular weight is 322 g/mol. The van der Waals surface area contributed by atoms with Crippen LogP contribution in [0.4, 0.5) is 0 Å². The maximum atomic E-state index is 11.8. The van der Waals surface area contributed by atoms with Crippen LogP contribution in [0.3, 0.4) is 0 Å². The third-order valence-corrected chi connectivity index (χ3v) is 3.04. The number of hydrogen-bond donors (Lipinski definition) is 0. The molecule has 6 heteroatoms. The Kier molecular flexibility index (Phi) is 8.46. The third-order valence-electron chi connectivity index (χ3n) is 3.04. The molecule has 6 nitrogen and oxygen atoms in total. The number of rotatable bonds is 10. The van der Waals surface area contributed by atoms with E-state index >= 15 is 0 Å². The number of carbonyl (C=O) groups is 2. The fraction of sp³-hybridized carbons (Fsp3) is 0.412. The van der Waals surface area contributed by atoms with Crippen LogP contribution in [0, 0.1) is 0 Å². The molecule has 23 heavy (non-hydrogen) atoms. The van der Waals surface area contributed by atoms with Crippen molar-refractivity contribution >= 4 is 11.9 Å². The molecule has 0 spiro atoms. The molecule has 0 radical (unpaired) electrons. The molecule has 0 aliphatic carbocycles. The Labute approximate surface area is 136 Å². The van der Waals surface area contributed by atoms with Crippen molar-refractivity contribution in [2.75, 3.05) is 20.8 Å². The lowest BCUT2D eigenvalue weighted by Gasteiger charge is -2.18. The lowest BCUT2D eigenvalue weighted by Crippen LogP contribution is -2.29. The van der Waals surface area contributed by atoms with Gasteiger partial charge in [0.1, 0.15) is 5.75 Å². The number of methoxy groups -OCH3 is 2. The Morgan fingerprint density at radius 1 is 1.22 bits per heavy atom. The summed E-state index contributed by atoms with van der Waals surface area (Å²) in [5.74, 6) is -0.447. The van der Waals surface area contributed by atoms with Gasteiger partial charge in [-0.3, -0.25) is 4.79 Å². The molecule has 0 aliphatic rings. The van der Waals surface area contributed by atoms with Crippen LogP contribution in [0.2, 0.25) is 0 Å². The zero-order chi connectivity index (χ0) is 17.1. The minimum Gasteiger partial charge on any atom is -0.478 e. The van der Waals surface area contributed by atoms with E-state index in [1.807, 2.05) is 12.1 Å². The predicted octanol–water partition coefficient (Wildman–Crippen LogP) is 2.26. The molecule has 0 bridgehead atoms. The summed E-state index contributed by atoms with van der Waals surface area (Å²) in [6.07, 6.45) is 0.989. The molecule has 0 amide bonds. The van der Waals surface area contributed by atoms with Gasteiger partial charge in [-0.05, 0) is 6.07 Å². The second-order valence-corrected chi connectivity index (χ2v) is 4.66. The molecule has 0 N–H and O–H groups in total. The van der Waals surface area contributed by atoms with Crippen LogP contribution >= 0.6 is 0 Å². The van der Waals surface area contributed by atoms with Gasteiger partial charge in [0.2, 0.25) is 0 Å². The van der Waals surface area contributed by atoms with Crippen molar-refractivity contribution in [2.45, 2.75) is 25.6 Å². The first-order valence-corrected chi connectivity index (χ1v) is 7.20. The van der Waals surface area contributed by atoms with E-state index in [0.717, 1.165) is 5.56 Å². The summed E-state index contributed by atoms with van der Waals surface area (Å²) in [7, 11) is 2.57. The highest BCUT2D eigenvalue weighted by Crippen LogP contribution is 2.22. The SMILES string of the molecule is C=CCOCc1ccccc1OC(CCC(=O)OC)C(=O)OC. The van der Waals surface area contributed by atoms with E-state index in [-0.39, 0.29) is 12.8 Å². The molecule has 126 valence electrons. The lowest BCUT2D eigenvalue weighted by atomic mass is 10.1.